The zero-order valence-corrected chi connectivity index (χ0v) is 21.2. The summed E-state index contributed by atoms with van der Waals surface area (Å²) in [4.78, 5) is 35.1. The van der Waals surface area contributed by atoms with Crippen LogP contribution >= 0.6 is 11.8 Å². The molecule has 2 aliphatic heterocycles. The molecule has 0 saturated carbocycles. The Morgan fingerprint density at radius 1 is 1.13 bits per heavy atom. The van der Waals surface area contributed by atoms with Crippen molar-refractivity contribution in [2.45, 2.75) is 29.3 Å². The molecule has 214 valence electrons. The number of carbonyl (C=O) groups is 2. The van der Waals surface area contributed by atoms with E-state index in [1.807, 2.05) is 5.43 Å². The molecule has 3 rings (SSSR count). The lowest BCUT2D eigenvalue weighted by atomic mass is 10.0. The van der Waals surface area contributed by atoms with Crippen molar-refractivity contribution < 1.29 is 45.4 Å². The minimum Gasteiger partial charge on any atom is -0.383 e. The van der Waals surface area contributed by atoms with Gasteiger partial charge in [0.1, 0.15) is 5.92 Å². The lowest BCUT2D eigenvalue weighted by Crippen LogP contribution is -2.59. The molecule has 2 unspecified atom stereocenters. The van der Waals surface area contributed by atoms with E-state index in [9.17, 15) is 35.9 Å². The van der Waals surface area contributed by atoms with Gasteiger partial charge in [0.05, 0.1) is 37.1 Å². The maximum absolute atomic E-state index is 13.4. The minimum atomic E-state index is -4.70. The Morgan fingerprint density at radius 2 is 1.79 bits per heavy atom. The van der Waals surface area contributed by atoms with Crippen molar-refractivity contribution in [3.05, 3.63) is 18.0 Å². The molecule has 1 aromatic heterocycles. The van der Waals surface area contributed by atoms with Gasteiger partial charge in [-0.3, -0.25) is 15.0 Å². The fourth-order valence-corrected chi connectivity index (χ4v) is 5.47. The number of amides is 2. The van der Waals surface area contributed by atoms with Crippen molar-refractivity contribution in [2.75, 3.05) is 64.6 Å². The van der Waals surface area contributed by atoms with Crippen LogP contribution in [-0.4, -0.2) is 103 Å². The van der Waals surface area contributed by atoms with Crippen molar-refractivity contribution >= 4 is 29.5 Å². The molecular formula is C21H28F6N6O4S. The number of halogens is 6. The third-order valence-electron chi connectivity index (χ3n) is 5.89. The summed E-state index contributed by atoms with van der Waals surface area (Å²) < 4.78 is 88.8. The number of alkyl halides is 6. The number of aromatic nitrogens is 2. The molecule has 38 heavy (non-hydrogen) atoms. The lowest BCUT2D eigenvalue weighted by Gasteiger charge is -2.35. The van der Waals surface area contributed by atoms with Crippen LogP contribution in [0.5, 0.6) is 0 Å². The second-order valence-corrected chi connectivity index (χ2v) is 10.1. The van der Waals surface area contributed by atoms with E-state index in [1.54, 1.807) is 9.80 Å². The Hall–Kier alpha value is -2.37. The highest BCUT2D eigenvalue weighted by Crippen LogP contribution is 2.37. The Balaban J connectivity index is 1.41. The summed E-state index contributed by atoms with van der Waals surface area (Å²) >= 11 is 0.948. The molecule has 2 fully saturated rings. The van der Waals surface area contributed by atoms with Crippen molar-refractivity contribution in [1.29, 1.82) is 0 Å². The summed E-state index contributed by atoms with van der Waals surface area (Å²) in [5, 5.41) is -1.57. The molecule has 0 aliphatic carbocycles. The first-order valence-electron chi connectivity index (χ1n) is 11.6. The number of rotatable bonds is 10. The lowest BCUT2D eigenvalue weighted by molar-refractivity contribution is -0.186. The molecule has 0 aromatic carbocycles. The van der Waals surface area contributed by atoms with Crippen LogP contribution in [0.1, 0.15) is 12.0 Å². The van der Waals surface area contributed by atoms with Gasteiger partial charge in [0.15, 0.2) is 0 Å². The average Bonchev–Trinajstić information content (AvgIpc) is 2.85. The number of nitrogens with zero attached hydrogens (tertiary/aromatic N) is 4. The summed E-state index contributed by atoms with van der Waals surface area (Å²) in [6, 6.07) is 0. The van der Waals surface area contributed by atoms with Gasteiger partial charge >= 0.3 is 12.4 Å². The van der Waals surface area contributed by atoms with Gasteiger partial charge < -0.3 is 19.3 Å². The summed E-state index contributed by atoms with van der Waals surface area (Å²) in [5.74, 6) is -3.36. The van der Waals surface area contributed by atoms with Gasteiger partial charge in [0, 0.05) is 57.5 Å². The van der Waals surface area contributed by atoms with Gasteiger partial charge in [0.2, 0.25) is 17.8 Å². The number of nitrogens with one attached hydrogen (secondary N) is 2. The molecule has 0 spiro atoms. The summed E-state index contributed by atoms with van der Waals surface area (Å²) in [7, 11) is 1.40. The standard InChI is InChI=1S/C21H28F6N6O4S/c1-36-11-14(38-15-10-30-31-18(35)17(15)21(25,26)27)12-37-7-2-16(34)32-3-5-33(6-4-32)19-28-8-13(9-29-19)20(22,23)24/h8-9,14-15,17,30H,2-7,10-12H2,1H3,(H,31,35)/t14-,15?,17?/m1/s1. The fraction of sp³-hybridized carbons (Fsp3) is 0.714. The zero-order valence-electron chi connectivity index (χ0n) is 20.3. The number of piperazine rings is 1. The van der Waals surface area contributed by atoms with Crippen LogP contribution in [0, 0.1) is 5.92 Å². The number of hydrogen-bond donors (Lipinski definition) is 2. The first-order chi connectivity index (χ1) is 17.9. The first kappa shape index (κ1) is 30.2. The topological polar surface area (TPSA) is 109 Å². The quantitative estimate of drug-likeness (QED) is 0.317. The highest BCUT2D eigenvalue weighted by Gasteiger charge is 2.52. The van der Waals surface area contributed by atoms with Gasteiger partial charge in [-0.1, -0.05) is 0 Å². The molecular weight excluding hydrogens is 546 g/mol. The van der Waals surface area contributed by atoms with E-state index in [0.717, 1.165) is 24.2 Å². The summed E-state index contributed by atoms with van der Waals surface area (Å²) in [6.45, 7) is 1.39. The van der Waals surface area contributed by atoms with Crippen LogP contribution in [0.3, 0.4) is 0 Å². The molecule has 10 nitrogen and oxygen atoms in total. The number of anilines is 1. The summed E-state index contributed by atoms with van der Waals surface area (Å²) in [6.07, 6.45) is -7.75. The zero-order chi connectivity index (χ0) is 27.9. The minimum absolute atomic E-state index is 0.0213. The van der Waals surface area contributed by atoms with E-state index in [4.69, 9.17) is 9.47 Å². The molecule has 3 atom stereocenters. The molecule has 0 bridgehead atoms. The number of ether oxygens (including phenoxy) is 2. The normalized spacial score (nSPS) is 21.8. The van der Waals surface area contributed by atoms with Gasteiger partial charge in [-0.2, -0.15) is 26.3 Å². The number of hydrazine groups is 1. The molecule has 2 saturated heterocycles. The van der Waals surface area contributed by atoms with E-state index in [0.29, 0.717) is 26.2 Å². The molecule has 2 amide bonds. The van der Waals surface area contributed by atoms with E-state index in [2.05, 4.69) is 15.4 Å². The number of carbonyl (C=O) groups excluding carboxylic acids is 2. The van der Waals surface area contributed by atoms with E-state index in [-0.39, 0.29) is 44.6 Å². The van der Waals surface area contributed by atoms with Crippen molar-refractivity contribution in [3.63, 3.8) is 0 Å². The second-order valence-electron chi connectivity index (χ2n) is 8.60. The molecule has 1 aromatic rings. The smallest absolute Gasteiger partial charge is 0.383 e. The van der Waals surface area contributed by atoms with E-state index < -0.39 is 40.2 Å². The predicted octanol–water partition coefficient (Wildman–Crippen LogP) is 1.48. The third kappa shape index (κ3) is 8.31. The molecule has 3 heterocycles. The molecule has 17 heteroatoms. The maximum Gasteiger partial charge on any atom is 0.419 e. The Kier molecular flexibility index (Phi) is 10.4. The molecule has 0 radical (unpaired) electrons. The maximum atomic E-state index is 13.4. The number of thioether (sulfide) groups is 1. The monoisotopic (exact) mass is 574 g/mol. The van der Waals surface area contributed by atoms with Gasteiger partial charge in [0.25, 0.3) is 0 Å². The first-order valence-corrected chi connectivity index (χ1v) is 12.6. The van der Waals surface area contributed by atoms with Crippen LogP contribution in [0.25, 0.3) is 0 Å². The van der Waals surface area contributed by atoms with Crippen molar-refractivity contribution in [1.82, 2.24) is 25.7 Å². The highest BCUT2D eigenvalue weighted by molar-refractivity contribution is 8.00. The van der Waals surface area contributed by atoms with Gasteiger partial charge in [-0.25, -0.2) is 15.4 Å². The van der Waals surface area contributed by atoms with Crippen LogP contribution < -0.4 is 15.8 Å². The van der Waals surface area contributed by atoms with Crippen LogP contribution in [0.15, 0.2) is 12.4 Å². The van der Waals surface area contributed by atoms with Crippen molar-refractivity contribution in [3.8, 4) is 0 Å². The largest absolute Gasteiger partial charge is 0.419 e. The van der Waals surface area contributed by atoms with Crippen LogP contribution in [-0.2, 0) is 25.2 Å². The number of hydrogen-bond acceptors (Lipinski definition) is 9. The van der Waals surface area contributed by atoms with Gasteiger partial charge in [-0.15, -0.1) is 11.8 Å². The Bertz CT molecular complexity index is 930. The summed E-state index contributed by atoms with van der Waals surface area (Å²) in [5.41, 5.74) is 3.54. The van der Waals surface area contributed by atoms with E-state index >= 15 is 0 Å². The SMILES string of the molecule is COC[C@H](COCCC(=O)N1CCN(c2ncc(C(F)(F)F)cn2)CC1)SC1CNNC(=O)C1C(F)(F)F. The molecule has 2 aliphatic rings. The third-order valence-corrected chi connectivity index (χ3v) is 7.33. The highest BCUT2D eigenvalue weighted by atomic mass is 32.2. The Morgan fingerprint density at radius 3 is 2.37 bits per heavy atom. The van der Waals surface area contributed by atoms with Crippen molar-refractivity contribution in [2.24, 2.45) is 5.92 Å². The predicted molar refractivity (Wildman–Crippen MR) is 124 cm³/mol. The van der Waals surface area contributed by atoms with Crippen LogP contribution in [0.4, 0.5) is 32.3 Å². The fourth-order valence-electron chi connectivity index (χ4n) is 3.97. The molecule has 2 N–H and O–H groups in total. The van der Waals surface area contributed by atoms with E-state index in [1.165, 1.54) is 7.11 Å². The second kappa shape index (κ2) is 13.1. The van der Waals surface area contributed by atoms with Gasteiger partial charge in [-0.05, 0) is 0 Å². The van der Waals surface area contributed by atoms with Crippen LogP contribution in [0.2, 0.25) is 0 Å². The average molecular weight is 575 g/mol. The Labute approximate surface area is 218 Å². The number of methoxy groups -OCH3 is 1.